The zero-order valence-corrected chi connectivity index (χ0v) is 11.8. The van der Waals surface area contributed by atoms with Gasteiger partial charge in [-0.1, -0.05) is 12.2 Å². The topological polar surface area (TPSA) is 66.4 Å². The minimum absolute atomic E-state index is 0. The number of hydrogen-bond acceptors (Lipinski definition) is 4. The summed E-state index contributed by atoms with van der Waals surface area (Å²) in [6, 6.07) is 0. The number of hydrogen-bond donors (Lipinski definition) is 0. The van der Waals surface area contributed by atoms with Gasteiger partial charge in [-0.15, -0.1) is 12.4 Å². The Bertz CT molecular complexity index is 348. The van der Waals surface area contributed by atoms with Gasteiger partial charge in [0.2, 0.25) is 0 Å². The zero-order chi connectivity index (χ0) is 13.2. The van der Waals surface area contributed by atoms with E-state index in [1.807, 2.05) is 21.1 Å². The van der Waals surface area contributed by atoms with E-state index < -0.39 is 12.1 Å². The molecule has 5 nitrogen and oxygen atoms in total. The molecule has 0 saturated heterocycles. The van der Waals surface area contributed by atoms with E-state index in [9.17, 15) is 14.7 Å². The second kappa shape index (κ2) is 6.20. The fourth-order valence-electron chi connectivity index (χ4n) is 1.64. The predicted molar refractivity (Wildman–Crippen MR) is 66.9 cm³/mol. The Labute approximate surface area is 113 Å². The molecule has 0 aliphatic heterocycles. The van der Waals surface area contributed by atoms with Crippen molar-refractivity contribution in [2.45, 2.75) is 18.9 Å². The smallest absolute Gasteiger partial charge is 0.313 e. The lowest BCUT2D eigenvalue weighted by molar-refractivity contribution is -0.873. The minimum atomic E-state index is -1.20. The van der Waals surface area contributed by atoms with E-state index in [-0.39, 0.29) is 30.7 Å². The van der Waals surface area contributed by atoms with Gasteiger partial charge >= 0.3 is 5.97 Å². The van der Waals surface area contributed by atoms with Crippen LogP contribution in [0, 0.1) is 5.92 Å². The Morgan fingerprint density at radius 2 is 2.00 bits per heavy atom. The van der Waals surface area contributed by atoms with Gasteiger partial charge in [0.1, 0.15) is 6.54 Å². The number of rotatable bonds is 6. The third kappa shape index (κ3) is 6.02. The van der Waals surface area contributed by atoms with Crippen molar-refractivity contribution in [1.82, 2.24) is 0 Å². The van der Waals surface area contributed by atoms with Gasteiger partial charge in [-0.2, -0.15) is 0 Å². The Kier molecular flexibility index (Phi) is 5.83. The van der Waals surface area contributed by atoms with E-state index in [1.54, 1.807) is 0 Å². The number of nitrogens with zero attached hydrogens (tertiary/aromatic N) is 1. The van der Waals surface area contributed by atoms with Gasteiger partial charge in [0.05, 0.1) is 27.1 Å². The fourth-order valence-corrected chi connectivity index (χ4v) is 1.64. The van der Waals surface area contributed by atoms with Crippen LogP contribution < -0.4 is 5.11 Å². The second-order valence-electron chi connectivity index (χ2n) is 5.52. The third-order valence-corrected chi connectivity index (χ3v) is 2.51. The molecule has 1 rings (SSSR count). The van der Waals surface area contributed by atoms with E-state index >= 15 is 0 Å². The Balaban J connectivity index is 0.00000289. The van der Waals surface area contributed by atoms with Gasteiger partial charge in [0.15, 0.2) is 6.10 Å². The first kappa shape index (κ1) is 16.9. The summed E-state index contributed by atoms with van der Waals surface area (Å²) in [5.41, 5.74) is 0.854. The molecular weight excluding hydrogens is 258 g/mol. The first-order chi connectivity index (χ1) is 7.69. The van der Waals surface area contributed by atoms with Crippen LogP contribution in [-0.2, 0) is 14.3 Å². The van der Waals surface area contributed by atoms with Crippen molar-refractivity contribution in [3.05, 3.63) is 12.2 Å². The van der Waals surface area contributed by atoms with Crippen molar-refractivity contribution in [2.24, 2.45) is 5.92 Å². The van der Waals surface area contributed by atoms with Crippen molar-refractivity contribution < 1.29 is 23.9 Å². The fraction of sp³-hybridized carbons (Fsp3) is 0.667. The Morgan fingerprint density at radius 1 is 1.50 bits per heavy atom. The van der Waals surface area contributed by atoms with Gasteiger partial charge in [-0.05, 0) is 6.42 Å². The van der Waals surface area contributed by atoms with E-state index in [0.29, 0.717) is 17.4 Å². The van der Waals surface area contributed by atoms with E-state index in [1.165, 1.54) is 0 Å². The highest BCUT2D eigenvalue weighted by atomic mass is 35.5. The van der Waals surface area contributed by atoms with Crippen LogP contribution in [0.2, 0.25) is 0 Å². The zero-order valence-electron chi connectivity index (χ0n) is 11.0. The van der Waals surface area contributed by atoms with Crippen LogP contribution in [0.1, 0.15) is 12.8 Å². The normalized spacial score (nSPS) is 19.7. The summed E-state index contributed by atoms with van der Waals surface area (Å²) in [5.74, 6) is -1.80. The quantitative estimate of drug-likeness (QED) is 0.381. The highest BCUT2D eigenvalue weighted by Crippen LogP contribution is 2.37. The molecule has 0 spiro atoms. The molecule has 18 heavy (non-hydrogen) atoms. The number of aliphatic carboxylic acids is 1. The SMILES string of the molecule is C=C1CC1C(=O)O[C@H](CC(=O)[O-])C[N+](C)(C)C.Cl. The standard InChI is InChI=1S/C12H19NO4.ClH/c1-8-5-10(8)12(16)17-9(6-11(14)15)7-13(2,3)4;/h9-10H,1,5-7H2,2-4H3;1H/t9-,10?;/m1./s1. The molecular formula is C12H20ClNO4. The summed E-state index contributed by atoms with van der Waals surface area (Å²) in [5, 5.41) is 10.6. The van der Waals surface area contributed by atoms with Gasteiger partial charge < -0.3 is 19.1 Å². The molecule has 6 heteroatoms. The number of ether oxygens (including phenoxy) is 1. The molecule has 0 heterocycles. The predicted octanol–water partition coefficient (Wildman–Crippen LogP) is -0.258. The molecule has 1 unspecified atom stereocenters. The molecule has 1 aliphatic carbocycles. The molecule has 0 aromatic carbocycles. The number of carbonyl (C=O) groups excluding carboxylic acids is 2. The lowest BCUT2D eigenvalue weighted by Crippen LogP contribution is -2.45. The highest BCUT2D eigenvalue weighted by molar-refractivity contribution is 5.85. The van der Waals surface area contributed by atoms with Gasteiger partial charge in [0.25, 0.3) is 0 Å². The minimum Gasteiger partial charge on any atom is -0.550 e. The number of carboxylic acids is 1. The average Bonchev–Trinajstić information content (AvgIpc) is 2.77. The monoisotopic (exact) mass is 277 g/mol. The van der Waals surface area contributed by atoms with Crippen LogP contribution in [-0.4, -0.2) is 50.2 Å². The molecule has 1 fully saturated rings. The number of carboxylic acid groups (broad SMARTS) is 1. The maximum Gasteiger partial charge on any atom is 0.313 e. The van der Waals surface area contributed by atoms with Crippen LogP contribution >= 0.6 is 12.4 Å². The van der Waals surface area contributed by atoms with Gasteiger partial charge in [-0.3, -0.25) is 4.79 Å². The molecule has 0 aromatic rings. The van der Waals surface area contributed by atoms with Gasteiger partial charge in [0, 0.05) is 12.4 Å². The van der Waals surface area contributed by atoms with Crippen LogP contribution in [0.15, 0.2) is 12.2 Å². The number of halogens is 1. The average molecular weight is 278 g/mol. The van der Waals surface area contributed by atoms with Crippen LogP contribution in [0.4, 0.5) is 0 Å². The number of esters is 1. The van der Waals surface area contributed by atoms with Crippen LogP contribution in [0.5, 0.6) is 0 Å². The molecule has 0 radical (unpaired) electrons. The first-order valence-electron chi connectivity index (χ1n) is 5.57. The number of carbonyl (C=O) groups is 2. The maximum atomic E-state index is 11.6. The van der Waals surface area contributed by atoms with Gasteiger partial charge in [-0.25, -0.2) is 0 Å². The number of likely N-dealkylation sites (N-methyl/N-ethyl adjacent to an activating group) is 1. The highest BCUT2D eigenvalue weighted by Gasteiger charge is 2.38. The van der Waals surface area contributed by atoms with E-state index in [0.717, 1.165) is 5.57 Å². The summed E-state index contributed by atoms with van der Waals surface area (Å²) in [7, 11) is 5.73. The summed E-state index contributed by atoms with van der Waals surface area (Å²) >= 11 is 0. The van der Waals surface area contributed by atoms with E-state index in [4.69, 9.17) is 4.74 Å². The summed E-state index contributed by atoms with van der Waals surface area (Å²) < 4.78 is 5.72. The molecule has 0 amide bonds. The molecule has 0 N–H and O–H groups in total. The Morgan fingerprint density at radius 3 is 2.33 bits per heavy atom. The number of quaternary nitrogens is 1. The molecule has 0 aromatic heterocycles. The van der Waals surface area contributed by atoms with E-state index in [2.05, 4.69) is 6.58 Å². The molecule has 1 saturated carbocycles. The lowest BCUT2D eigenvalue weighted by Gasteiger charge is -2.29. The van der Waals surface area contributed by atoms with Crippen molar-refractivity contribution in [1.29, 1.82) is 0 Å². The van der Waals surface area contributed by atoms with Crippen molar-refractivity contribution >= 4 is 24.3 Å². The van der Waals surface area contributed by atoms with Crippen molar-refractivity contribution in [2.75, 3.05) is 27.7 Å². The molecule has 104 valence electrons. The Hall–Kier alpha value is -1.07. The van der Waals surface area contributed by atoms with Crippen LogP contribution in [0.25, 0.3) is 0 Å². The van der Waals surface area contributed by atoms with Crippen molar-refractivity contribution in [3.63, 3.8) is 0 Å². The molecule has 2 atom stereocenters. The third-order valence-electron chi connectivity index (χ3n) is 2.51. The summed E-state index contributed by atoms with van der Waals surface area (Å²) in [4.78, 5) is 22.2. The maximum absolute atomic E-state index is 11.6. The molecule has 0 bridgehead atoms. The summed E-state index contributed by atoms with van der Waals surface area (Å²) in [6.45, 7) is 4.12. The van der Waals surface area contributed by atoms with Crippen molar-refractivity contribution in [3.8, 4) is 0 Å². The lowest BCUT2D eigenvalue weighted by atomic mass is 10.2. The largest absolute Gasteiger partial charge is 0.550 e. The summed E-state index contributed by atoms with van der Waals surface area (Å²) in [6.07, 6.45) is -0.247. The van der Waals surface area contributed by atoms with Crippen LogP contribution in [0.3, 0.4) is 0 Å². The first-order valence-corrected chi connectivity index (χ1v) is 5.57. The second-order valence-corrected chi connectivity index (χ2v) is 5.52. The molecule has 1 aliphatic rings.